The van der Waals surface area contributed by atoms with Gasteiger partial charge in [0, 0.05) is 62.1 Å². The Morgan fingerprint density at radius 3 is 2.36 bits per heavy atom. The highest BCUT2D eigenvalue weighted by Gasteiger charge is 2.23. The molecule has 45 heavy (non-hydrogen) atoms. The Morgan fingerprint density at radius 1 is 0.800 bits per heavy atom. The number of likely N-dealkylation sites (tertiary alicyclic amines) is 1. The SMILES string of the molecule is O=C(CCN1CCC(OC(=O)Nc2ccccc2-c2ccccc2)CC1)Nc1ccc(CNCc2ccc3cc[nH]c3c2)cc1. The van der Waals surface area contributed by atoms with Crippen LogP contribution in [0.4, 0.5) is 16.2 Å². The zero-order chi connectivity index (χ0) is 30.8. The first-order chi connectivity index (χ1) is 22.1. The highest BCUT2D eigenvalue weighted by atomic mass is 16.6. The van der Waals surface area contributed by atoms with Gasteiger partial charge in [-0.3, -0.25) is 10.1 Å². The monoisotopic (exact) mass is 601 g/mol. The number of nitrogens with one attached hydrogen (secondary N) is 4. The number of ether oxygens (including phenoxy) is 1. The van der Waals surface area contributed by atoms with Gasteiger partial charge in [0.1, 0.15) is 6.10 Å². The number of hydrogen-bond acceptors (Lipinski definition) is 5. The fraction of sp³-hybridized carbons (Fsp3) is 0.243. The van der Waals surface area contributed by atoms with E-state index >= 15 is 0 Å². The summed E-state index contributed by atoms with van der Waals surface area (Å²) in [6, 6.07) is 34.2. The maximum Gasteiger partial charge on any atom is 0.411 e. The van der Waals surface area contributed by atoms with Crippen LogP contribution in [0.3, 0.4) is 0 Å². The van der Waals surface area contributed by atoms with Gasteiger partial charge in [0.05, 0.1) is 5.69 Å². The molecule has 0 atom stereocenters. The second-order valence-corrected chi connectivity index (χ2v) is 11.5. The largest absolute Gasteiger partial charge is 0.446 e. The van der Waals surface area contributed by atoms with E-state index in [0.717, 1.165) is 72.6 Å². The van der Waals surface area contributed by atoms with Crippen LogP contribution in [0, 0.1) is 0 Å². The molecule has 5 aromatic rings. The lowest BCUT2D eigenvalue weighted by molar-refractivity contribution is -0.116. The molecule has 1 aliphatic heterocycles. The number of carbonyl (C=O) groups excluding carboxylic acids is 2. The summed E-state index contributed by atoms with van der Waals surface area (Å²) in [4.78, 5) is 30.8. The first-order valence-electron chi connectivity index (χ1n) is 15.6. The molecule has 8 heteroatoms. The number of piperidine rings is 1. The molecule has 4 aromatic carbocycles. The molecule has 6 rings (SSSR count). The summed E-state index contributed by atoms with van der Waals surface area (Å²) < 4.78 is 5.75. The summed E-state index contributed by atoms with van der Waals surface area (Å²) in [6.45, 7) is 3.77. The molecule has 8 nitrogen and oxygen atoms in total. The van der Waals surface area contributed by atoms with Crippen LogP contribution >= 0.6 is 0 Å². The van der Waals surface area contributed by atoms with Gasteiger partial charge in [0.25, 0.3) is 0 Å². The van der Waals surface area contributed by atoms with Gasteiger partial charge in [0.2, 0.25) is 5.91 Å². The molecule has 2 heterocycles. The molecular formula is C37H39N5O3. The first kappa shape index (κ1) is 30.1. The van der Waals surface area contributed by atoms with E-state index in [1.165, 1.54) is 10.9 Å². The van der Waals surface area contributed by atoms with Gasteiger partial charge < -0.3 is 25.3 Å². The van der Waals surface area contributed by atoms with Crippen molar-refractivity contribution >= 4 is 34.3 Å². The van der Waals surface area contributed by atoms with Gasteiger partial charge >= 0.3 is 6.09 Å². The second-order valence-electron chi connectivity index (χ2n) is 11.5. The molecule has 1 aliphatic rings. The summed E-state index contributed by atoms with van der Waals surface area (Å²) in [5, 5.41) is 10.6. The van der Waals surface area contributed by atoms with Crippen molar-refractivity contribution in [3.8, 4) is 11.1 Å². The van der Waals surface area contributed by atoms with Crippen LogP contribution in [0.1, 0.15) is 30.4 Å². The maximum atomic E-state index is 12.7. The lowest BCUT2D eigenvalue weighted by Crippen LogP contribution is -2.39. The van der Waals surface area contributed by atoms with Crippen LogP contribution in [0.2, 0.25) is 0 Å². The Morgan fingerprint density at radius 2 is 1.53 bits per heavy atom. The Hall–Kier alpha value is -4.92. The number of para-hydroxylation sites is 1. The lowest BCUT2D eigenvalue weighted by atomic mass is 10.0. The third kappa shape index (κ3) is 8.38. The number of H-pyrrole nitrogens is 1. The van der Waals surface area contributed by atoms with Crippen molar-refractivity contribution in [2.75, 3.05) is 30.3 Å². The van der Waals surface area contributed by atoms with Crippen molar-refractivity contribution in [3.63, 3.8) is 0 Å². The van der Waals surface area contributed by atoms with Crippen molar-refractivity contribution in [1.29, 1.82) is 0 Å². The number of amides is 2. The molecule has 1 fully saturated rings. The smallest absolute Gasteiger partial charge is 0.411 e. The number of rotatable bonds is 11. The van der Waals surface area contributed by atoms with E-state index in [4.69, 9.17) is 4.74 Å². The topological polar surface area (TPSA) is 98.5 Å². The number of hydrogen-bond donors (Lipinski definition) is 4. The van der Waals surface area contributed by atoms with E-state index in [1.54, 1.807) is 0 Å². The Balaban J connectivity index is 0.875. The summed E-state index contributed by atoms with van der Waals surface area (Å²) in [7, 11) is 0. The lowest BCUT2D eigenvalue weighted by Gasteiger charge is -2.31. The fourth-order valence-electron chi connectivity index (χ4n) is 5.75. The van der Waals surface area contributed by atoms with Gasteiger partial charge in [-0.05, 0) is 65.3 Å². The van der Waals surface area contributed by atoms with Crippen LogP contribution in [0.15, 0.2) is 109 Å². The minimum atomic E-state index is -0.438. The highest BCUT2D eigenvalue weighted by Crippen LogP contribution is 2.28. The van der Waals surface area contributed by atoms with Gasteiger partial charge in [-0.1, -0.05) is 72.8 Å². The number of nitrogens with zero attached hydrogens (tertiary/aromatic N) is 1. The Labute approximate surface area is 263 Å². The summed E-state index contributed by atoms with van der Waals surface area (Å²) in [5.74, 6) is -0.00424. The molecule has 0 unspecified atom stereocenters. The fourth-order valence-corrected chi connectivity index (χ4v) is 5.75. The molecule has 4 N–H and O–H groups in total. The molecule has 0 radical (unpaired) electrons. The molecule has 1 saturated heterocycles. The molecule has 0 saturated carbocycles. The zero-order valence-electron chi connectivity index (χ0n) is 25.3. The van der Waals surface area contributed by atoms with E-state index in [9.17, 15) is 9.59 Å². The van der Waals surface area contributed by atoms with Gasteiger partial charge in [-0.15, -0.1) is 0 Å². The number of carbonyl (C=O) groups is 2. The summed E-state index contributed by atoms with van der Waals surface area (Å²) >= 11 is 0. The van der Waals surface area contributed by atoms with E-state index in [2.05, 4.69) is 50.1 Å². The number of aromatic amines is 1. The van der Waals surface area contributed by atoms with Crippen LogP contribution in [0.5, 0.6) is 0 Å². The standard InChI is InChI=1S/C37H39N5O3/c43-36(40-31-14-11-27(12-15-31)25-38-26-28-10-13-30-16-20-39-35(30)24-28)19-23-42-21-17-32(18-22-42)45-37(44)41-34-9-5-4-8-33(34)29-6-2-1-3-7-29/h1-16,20,24,32,38-39H,17-19,21-23,25-26H2,(H,40,43)(H,41,44). The van der Waals surface area contributed by atoms with Crippen LogP contribution < -0.4 is 16.0 Å². The van der Waals surface area contributed by atoms with Crippen molar-refractivity contribution in [3.05, 3.63) is 120 Å². The van der Waals surface area contributed by atoms with Crippen LogP contribution in [-0.2, 0) is 22.6 Å². The Bertz CT molecular complexity index is 1710. The number of anilines is 2. The van der Waals surface area contributed by atoms with Gasteiger partial charge in [-0.2, -0.15) is 0 Å². The van der Waals surface area contributed by atoms with E-state index < -0.39 is 6.09 Å². The predicted octanol–water partition coefficient (Wildman–Crippen LogP) is 7.17. The van der Waals surface area contributed by atoms with E-state index in [-0.39, 0.29) is 12.0 Å². The minimum absolute atomic E-state index is 0.00424. The summed E-state index contributed by atoms with van der Waals surface area (Å²) in [6.07, 6.45) is 3.27. The second kappa shape index (κ2) is 14.7. The quantitative estimate of drug-likeness (QED) is 0.129. The average molecular weight is 602 g/mol. The predicted molar refractivity (Wildman–Crippen MR) is 180 cm³/mol. The summed E-state index contributed by atoms with van der Waals surface area (Å²) in [5.41, 5.74) is 7.05. The first-order valence-corrected chi connectivity index (χ1v) is 15.6. The molecule has 0 bridgehead atoms. The molecule has 2 amide bonds. The van der Waals surface area contributed by atoms with Crippen molar-refractivity contribution < 1.29 is 14.3 Å². The number of aromatic nitrogens is 1. The van der Waals surface area contributed by atoms with E-state index in [0.29, 0.717) is 13.0 Å². The molecule has 0 aliphatic carbocycles. The van der Waals surface area contributed by atoms with Gasteiger partial charge in [-0.25, -0.2) is 4.79 Å². The molecule has 230 valence electrons. The molecule has 1 aromatic heterocycles. The van der Waals surface area contributed by atoms with Crippen molar-refractivity contribution in [1.82, 2.24) is 15.2 Å². The minimum Gasteiger partial charge on any atom is -0.446 e. The van der Waals surface area contributed by atoms with Crippen LogP contribution in [0.25, 0.3) is 22.0 Å². The zero-order valence-corrected chi connectivity index (χ0v) is 25.3. The average Bonchev–Trinajstić information content (AvgIpc) is 3.54. The number of benzene rings is 4. The van der Waals surface area contributed by atoms with E-state index in [1.807, 2.05) is 85.1 Å². The molecule has 0 spiro atoms. The molecular weight excluding hydrogens is 562 g/mol. The third-order valence-electron chi connectivity index (χ3n) is 8.23. The van der Waals surface area contributed by atoms with Crippen molar-refractivity contribution in [2.45, 2.75) is 38.5 Å². The third-order valence-corrected chi connectivity index (χ3v) is 8.23. The normalized spacial score (nSPS) is 13.9. The van der Waals surface area contributed by atoms with Crippen molar-refractivity contribution in [2.24, 2.45) is 0 Å². The number of fused-ring (bicyclic) bond motifs is 1. The van der Waals surface area contributed by atoms with Gasteiger partial charge in [0.15, 0.2) is 0 Å². The Kier molecular flexibility index (Phi) is 9.84. The maximum absolute atomic E-state index is 12.7. The van der Waals surface area contributed by atoms with Crippen LogP contribution in [-0.4, -0.2) is 47.6 Å². The highest BCUT2D eigenvalue weighted by molar-refractivity contribution is 5.92.